The maximum absolute atomic E-state index is 12.0. The Bertz CT molecular complexity index is 417. The Morgan fingerprint density at radius 1 is 0.750 bits per heavy atom. The van der Waals surface area contributed by atoms with E-state index in [-0.39, 0.29) is 35.9 Å². The molecule has 0 aliphatic heterocycles. The van der Waals surface area contributed by atoms with Gasteiger partial charge in [-0.25, -0.2) is 0 Å². The van der Waals surface area contributed by atoms with Gasteiger partial charge in [-0.2, -0.15) is 0 Å². The van der Waals surface area contributed by atoms with E-state index >= 15 is 0 Å². The monoisotopic (exact) mass is 396 g/mol. The number of hydrogen-bond donors (Lipinski definition) is 2. The van der Waals surface area contributed by atoms with E-state index in [1.54, 1.807) is 0 Å². The fourth-order valence-corrected chi connectivity index (χ4v) is 4.12. The lowest BCUT2D eigenvalue weighted by Gasteiger charge is -2.21. The predicted octanol–water partition coefficient (Wildman–Crippen LogP) is 3.19. The molecule has 0 spiro atoms. The van der Waals surface area contributed by atoms with E-state index in [0.29, 0.717) is 13.2 Å². The van der Waals surface area contributed by atoms with Crippen molar-refractivity contribution in [1.82, 2.24) is 10.6 Å². The first-order valence-electron chi connectivity index (χ1n) is 11.4. The smallest absolute Gasteiger partial charge is 0.308 e. The van der Waals surface area contributed by atoms with E-state index < -0.39 is 0 Å². The van der Waals surface area contributed by atoms with E-state index in [4.69, 9.17) is 9.47 Å². The molecule has 2 aliphatic carbocycles. The summed E-state index contributed by atoms with van der Waals surface area (Å²) in [5.41, 5.74) is 0. The van der Waals surface area contributed by atoms with E-state index in [2.05, 4.69) is 24.5 Å². The minimum atomic E-state index is -0.0222. The molecule has 2 aliphatic rings. The lowest BCUT2D eigenvalue weighted by Crippen LogP contribution is -2.42. The number of ether oxygens (including phenoxy) is 2. The fraction of sp³-hybridized carbons (Fsp3) is 0.909. The van der Waals surface area contributed by atoms with E-state index in [1.165, 1.54) is 0 Å². The first-order valence-corrected chi connectivity index (χ1v) is 11.4. The van der Waals surface area contributed by atoms with Crippen LogP contribution < -0.4 is 10.6 Å². The molecule has 6 heteroatoms. The number of esters is 2. The Balaban J connectivity index is 1.55. The Labute approximate surface area is 170 Å². The molecule has 2 atom stereocenters. The van der Waals surface area contributed by atoms with Gasteiger partial charge in [-0.3, -0.25) is 9.59 Å². The van der Waals surface area contributed by atoms with Crippen LogP contribution in [0.3, 0.4) is 0 Å². The molecule has 0 bridgehead atoms. The number of carbonyl (C=O) groups excluding carboxylic acids is 2. The third-order valence-corrected chi connectivity index (χ3v) is 6.21. The largest absolute Gasteiger partial charge is 0.464 e. The number of hydrogen-bond acceptors (Lipinski definition) is 6. The van der Waals surface area contributed by atoms with Crippen LogP contribution in [0, 0.1) is 11.8 Å². The zero-order valence-corrected chi connectivity index (χ0v) is 17.8. The van der Waals surface area contributed by atoms with E-state index in [1.807, 2.05) is 0 Å². The predicted molar refractivity (Wildman–Crippen MR) is 110 cm³/mol. The van der Waals surface area contributed by atoms with Crippen LogP contribution in [0.2, 0.25) is 0 Å². The van der Waals surface area contributed by atoms with Crippen LogP contribution in [-0.2, 0) is 19.1 Å². The highest BCUT2D eigenvalue weighted by atomic mass is 16.5. The Hall–Kier alpha value is -1.14. The minimum Gasteiger partial charge on any atom is -0.464 e. The summed E-state index contributed by atoms with van der Waals surface area (Å²) >= 11 is 0. The summed E-state index contributed by atoms with van der Waals surface area (Å²) in [6, 6.07) is 0.375. The highest BCUT2D eigenvalue weighted by molar-refractivity contribution is 5.73. The van der Waals surface area contributed by atoms with E-state index in [9.17, 15) is 9.59 Å². The number of rotatable bonds is 13. The molecule has 0 aromatic carbocycles. The van der Waals surface area contributed by atoms with Crippen molar-refractivity contribution in [2.24, 2.45) is 11.8 Å². The van der Waals surface area contributed by atoms with Gasteiger partial charge >= 0.3 is 11.9 Å². The molecule has 0 aromatic heterocycles. The van der Waals surface area contributed by atoms with Crippen molar-refractivity contribution in [3.63, 3.8) is 0 Å². The van der Waals surface area contributed by atoms with E-state index in [0.717, 1.165) is 77.3 Å². The van der Waals surface area contributed by atoms with Crippen LogP contribution in [-0.4, -0.2) is 50.3 Å². The van der Waals surface area contributed by atoms with Gasteiger partial charge in [-0.15, -0.1) is 0 Å². The van der Waals surface area contributed by atoms with Gasteiger partial charge in [0.25, 0.3) is 0 Å². The lowest BCUT2D eigenvalue weighted by atomic mass is 10.1. The Kier molecular flexibility index (Phi) is 10.9. The Morgan fingerprint density at radius 2 is 1.11 bits per heavy atom. The molecule has 0 unspecified atom stereocenters. The first-order chi connectivity index (χ1) is 13.6. The summed E-state index contributed by atoms with van der Waals surface area (Å²) in [7, 11) is 0. The zero-order valence-electron chi connectivity index (χ0n) is 17.8. The van der Waals surface area contributed by atoms with Gasteiger partial charge in [0.05, 0.1) is 11.8 Å². The molecule has 0 heterocycles. The van der Waals surface area contributed by atoms with Crippen LogP contribution in [0.25, 0.3) is 0 Å². The normalized spacial score (nSPS) is 20.2. The molecule has 6 nitrogen and oxygen atoms in total. The average Bonchev–Trinajstić information content (AvgIpc) is 3.43. The second kappa shape index (κ2) is 13.2. The van der Waals surface area contributed by atoms with Crippen molar-refractivity contribution in [2.75, 3.05) is 26.3 Å². The molecule has 2 N–H and O–H groups in total. The SMILES string of the molecule is CC[C@@H](COC(=O)C1CCCC1)NCCN[C@@H](CC)COC(=O)C1CCCC1. The second-order valence-electron chi connectivity index (χ2n) is 8.34. The minimum absolute atomic E-state index is 0.0222. The fourth-order valence-electron chi connectivity index (χ4n) is 4.12. The Morgan fingerprint density at radius 3 is 1.43 bits per heavy atom. The van der Waals surface area contributed by atoms with Crippen molar-refractivity contribution in [3.05, 3.63) is 0 Å². The maximum atomic E-state index is 12.0. The van der Waals surface area contributed by atoms with Gasteiger partial charge in [0.1, 0.15) is 13.2 Å². The van der Waals surface area contributed by atoms with Crippen LogP contribution in [0.1, 0.15) is 78.1 Å². The van der Waals surface area contributed by atoms with Crippen LogP contribution >= 0.6 is 0 Å². The van der Waals surface area contributed by atoms with Crippen molar-refractivity contribution in [2.45, 2.75) is 90.1 Å². The molecule has 162 valence electrons. The summed E-state index contributed by atoms with van der Waals surface area (Å²) in [4.78, 5) is 24.1. The summed E-state index contributed by atoms with van der Waals surface area (Å²) in [6.45, 7) is 6.70. The lowest BCUT2D eigenvalue weighted by molar-refractivity contribution is -0.150. The summed E-state index contributed by atoms with van der Waals surface area (Å²) in [5, 5.41) is 6.91. The zero-order chi connectivity index (χ0) is 20.2. The molecule has 2 rings (SSSR count). The molecule has 2 saturated carbocycles. The highest BCUT2D eigenvalue weighted by Gasteiger charge is 2.25. The second-order valence-corrected chi connectivity index (χ2v) is 8.34. The van der Waals surface area contributed by atoms with Crippen molar-refractivity contribution >= 4 is 11.9 Å². The summed E-state index contributed by atoms with van der Waals surface area (Å²) < 4.78 is 11.0. The molecule has 0 radical (unpaired) electrons. The van der Waals surface area contributed by atoms with Crippen LogP contribution in [0.5, 0.6) is 0 Å². The quantitative estimate of drug-likeness (QED) is 0.368. The molecule has 0 amide bonds. The number of nitrogens with one attached hydrogen (secondary N) is 2. The standard InChI is InChI=1S/C22H40N2O4/c1-3-19(15-27-21(25)17-9-5-6-10-17)23-13-14-24-20(4-2)16-28-22(26)18-11-7-8-12-18/h17-20,23-24H,3-16H2,1-2H3/t19-,20-/m0/s1. The van der Waals surface area contributed by atoms with Gasteiger partial charge in [0.2, 0.25) is 0 Å². The summed E-state index contributed by atoms with van der Waals surface area (Å²) in [5.74, 6) is 0.199. The first kappa shape index (κ1) is 23.1. The molecular weight excluding hydrogens is 356 g/mol. The highest BCUT2D eigenvalue weighted by Crippen LogP contribution is 2.26. The van der Waals surface area contributed by atoms with Crippen molar-refractivity contribution < 1.29 is 19.1 Å². The van der Waals surface area contributed by atoms with Crippen LogP contribution in [0.15, 0.2) is 0 Å². The molecular formula is C22H40N2O4. The molecule has 0 aromatic rings. The third-order valence-electron chi connectivity index (χ3n) is 6.21. The van der Waals surface area contributed by atoms with Crippen molar-refractivity contribution in [1.29, 1.82) is 0 Å². The van der Waals surface area contributed by atoms with Gasteiger partial charge in [-0.05, 0) is 38.5 Å². The maximum Gasteiger partial charge on any atom is 0.308 e. The van der Waals surface area contributed by atoms with Crippen molar-refractivity contribution in [3.8, 4) is 0 Å². The third kappa shape index (κ3) is 8.08. The molecule has 2 fully saturated rings. The number of carbonyl (C=O) groups is 2. The summed E-state index contributed by atoms with van der Waals surface area (Å²) in [6.07, 6.45) is 10.4. The molecule has 0 saturated heterocycles. The average molecular weight is 397 g/mol. The van der Waals surface area contributed by atoms with Crippen LogP contribution in [0.4, 0.5) is 0 Å². The van der Waals surface area contributed by atoms with Gasteiger partial charge < -0.3 is 20.1 Å². The van der Waals surface area contributed by atoms with Gasteiger partial charge in [0.15, 0.2) is 0 Å². The van der Waals surface area contributed by atoms with Gasteiger partial charge in [0, 0.05) is 25.2 Å². The van der Waals surface area contributed by atoms with Gasteiger partial charge in [-0.1, -0.05) is 39.5 Å². The topological polar surface area (TPSA) is 76.7 Å². The molecule has 28 heavy (non-hydrogen) atoms.